The maximum atomic E-state index is 6.09. The Morgan fingerprint density at radius 2 is 2.00 bits per heavy atom. The molecular formula is C12H17NO. The summed E-state index contributed by atoms with van der Waals surface area (Å²) in [4.78, 5) is 0. The molecule has 1 aromatic carbocycles. The minimum absolute atomic E-state index is 0.202. The van der Waals surface area contributed by atoms with E-state index in [9.17, 15) is 0 Å². The molecule has 0 aromatic heterocycles. The molecule has 1 fully saturated rings. The summed E-state index contributed by atoms with van der Waals surface area (Å²) in [6.07, 6.45) is 3.86. The first-order valence-electron chi connectivity index (χ1n) is 5.19. The van der Waals surface area contributed by atoms with Gasteiger partial charge in [-0.25, -0.2) is 0 Å². The monoisotopic (exact) mass is 191 g/mol. The molecule has 1 aliphatic carbocycles. The van der Waals surface area contributed by atoms with Crippen molar-refractivity contribution in [1.29, 1.82) is 0 Å². The molecule has 2 N–H and O–H groups in total. The van der Waals surface area contributed by atoms with E-state index in [1.807, 2.05) is 12.1 Å². The number of benzene rings is 1. The van der Waals surface area contributed by atoms with E-state index in [4.69, 9.17) is 10.5 Å². The van der Waals surface area contributed by atoms with Crippen molar-refractivity contribution < 1.29 is 4.74 Å². The van der Waals surface area contributed by atoms with Crippen molar-refractivity contribution >= 4 is 0 Å². The molecular weight excluding hydrogens is 174 g/mol. The highest BCUT2D eigenvalue weighted by Crippen LogP contribution is 2.36. The number of ether oxygens (including phenoxy) is 1. The van der Waals surface area contributed by atoms with Crippen LogP contribution in [0.15, 0.2) is 24.3 Å². The van der Waals surface area contributed by atoms with Crippen LogP contribution in [0.5, 0.6) is 5.75 Å². The summed E-state index contributed by atoms with van der Waals surface area (Å²) in [5, 5.41) is 0. The van der Waals surface area contributed by atoms with Crippen molar-refractivity contribution in [2.75, 3.05) is 7.11 Å². The van der Waals surface area contributed by atoms with E-state index in [0.717, 1.165) is 18.1 Å². The number of nitrogens with two attached hydrogens (primary N) is 1. The van der Waals surface area contributed by atoms with E-state index in [0.29, 0.717) is 0 Å². The number of methoxy groups -OCH3 is 1. The van der Waals surface area contributed by atoms with Crippen molar-refractivity contribution in [1.82, 2.24) is 0 Å². The van der Waals surface area contributed by atoms with Crippen molar-refractivity contribution in [3.8, 4) is 5.75 Å². The van der Waals surface area contributed by atoms with Gasteiger partial charge in [-0.15, -0.1) is 0 Å². The van der Waals surface area contributed by atoms with Crippen LogP contribution in [0.25, 0.3) is 0 Å². The van der Waals surface area contributed by atoms with Crippen molar-refractivity contribution in [2.45, 2.75) is 25.3 Å². The van der Waals surface area contributed by atoms with Crippen LogP contribution in [0.1, 0.15) is 30.9 Å². The van der Waals surface area contributed by atoms with Crippen LogP contribution >= 0.6 is 0 Å². The van der Waals surface area contributed by atoms with Crippen molar-refractivity contribution in [3.05, 3.63) is 29.8 Å². The molecule has 2 heteroatoms. The van der Waals surface area contributed by atoms with Crippen LogP contribution in [0, 0.1) is 5.92 Å². The summed E-state index contributed by atoms with van der Waals surface area (Å²) < 4.78 is 5.10. The maximum Gasteiger partial charge on any atom is 0.118 e. The minimum atomic E-state index is 0.202. The standard InChI is InChI=1S/C12H17NO/c1-14-11-6-4-10(5-7-11)12(13)8-9-2-3-9/h4-7,9,12H,2-3,8,13H2,1H3/t12-/m0/s1. The van der Waals surface area contributed by atoms with Gasteiger partial charge in [0.1, 0.15) is 5.75 Å². The second-order valence-electron chi connectivity index (χ2n) is 4.06. The lowest BCUT2D eigenvalue weighted by atomic mass is 10.0. The summed E-state index contributed by atoms with van der Waals surface area (Å²) in [7, 11) is 1.68. The fourth-order valence-electron chi connectivity index (χ4n) is 1.70. The third kappa shape index (κ3) is 2.26. The topological polar surface area (TPSA) is 35.2 Å². The molecule has 14 heavy (non-hydrogen) atoms. The summed E-state index contributed by atoms with van der Waals surface area (Å²) in [5.41, 5.74) is 7.31. The third-order valence-electron chi connectivity index (χ3n) is 2.83. The molecule has 0 heterocycles. The summed E-state index contributed by atoms with van der Waals surface area (Å²) in [6.45, 7) is 0. The Kier molecular flexibility index (Phi) is 2.73. The van der Waals surface area contributed by atoms with Gasteiger partial charge in [-0.3, -0.25) is 0 Å². The highest BCUT2D eigenvalue weighted by Gasteiger charge is 2.24. The van der Waals surface area contributed by atoms with Gasteiger partial charge < -0.3 is 10.5 Å². The molecule has 0 aliphatic heterocycles. The minimum Gasteiger partial charge on any atom is -0.497 e. The number of hydrogen-bond donors (Lipinski definition) is 1. The van der Waals surface area contributed by atoms with Gasteiger partial charge in [0.15, 0.2) is 0 Å². The van der Waals surface area contributed by atoms with Crippen LogP contribution in [0.4, 0.5) is 0 Å². The van der Waals surface area contributed by atoms with Gasteiger partial charge in [0.25, 0.3) is 0 Å². The molecule has 1 atom stereocenters. The predicted molar refractivity (Wildman–Crippen MR) is 57.3 cm³/mol. The Balaban J connectivity index is 1.99. The fourth-order valence-corrected chi connectivity index (χ4v) is 1.70. The lowest BCUT2D eigenvalue weighted by Gasteiger charge is -2.11. The van der Waals surface area contributed by atoms with Gasteiger partial charge in [0, 0.05) is 6.04 Å². The zero-order chi connectivity index (χ0) is 9.97. The lowest BCUT2D eigenvalue weighted by molar-refractivity contribution is 0.414. The molecule has 0 bridgehead atoms. The normalized spacial score (nSPS) is 17.9. The molecule has 1 aromatic rings. The number of rotatable bonds is 4. The van der Waals surface area contributed by atoms with Gasteiger partial charge in [0.05, 0.1) is 7.11 Å². The van der Waals surface area contributed by atoms with Crippen LogP contribution in [-0.4, -0.2) is 7.11 Å². The molecule has 2 nitrogen and oxygen atoms in total. The Morgan fingerprint density at radius 1 is 1.36 bits per heavy atom. The zero-order valence-corrected chi connectivity index (χ0v) is 8.57. The van der Waals surface area contributed by atoms with Gasteiger partial charge >= 0.3 is 0 Å². The summed E-state index contributed by atoms with van der Waals surface area (Å²) >= 11 is 0. The maximum absolute atomic E-state index is 6.09. The Morgan fingerprint density at radius 3 is 2.50 bits per heavy atom. The number of hydrogen-bond acceptors (Lipinski definition) is 2. The van der Waals surface area contributed by atoms with E-state index in [1.54, 1.807) is 7.11 Å². The Hall–Kier alpha value is -1.02. The van der Waals surface area contributed by atoms with Crippen LogP contribution in [0.2, 0.25) is 0 Å². The summed E-state index contributed by atoms with van der Waals surface area (Å²) in [6, 6.07) is 8.27. The molecule has 0 radical (unpaired) electrons. The van der Waals surface area contributed by atoms with Gasteiger partial charge in [-0.1, -0.05) is 25.0 Å². The largest absolute Gasteiger partial charge is 0.497 e. The van der Waals surface area contributed by atoms with Crippen LogP contribution in [0.3, 0.4) is 0 Å². The van der Waals surface area contributed by atoms with E-state index < -0.39 is 0 Å². The van der Waals surface area contributed by atoms with E-state index in [2.05, 4.69) is 12.1 Å². The highest BCUT2D eigenvalue weighted by atomic mass is 16.5. The molecule has 1 saturated carbocycles. The van der Waals surface area contributed by atoms with E-state index in [1.165, 1.54) is 18.4 Å². The average Bonchev–Trinajstić information content (AvgIpc) is 3.02. The first-order chi connectivity index (χ1) is 6.79. The molecule has 0 unspecified atom stereocenters. The van der Waals surface area contributed by atoms with E-state index in [-0.39, 0.29) is 6.04 Å². The molecule has 0 spiro atoms. The van der Waals surface area contributed by atoms with Crippen LogP contribution in [-0.2, 0) is 0 Å². The molecule has 2 rings (SSSR count). The predicted octanol–water partition coefficient (Wildman–Crippen LogP) is 2.50. The second kappa shape index (κ2) is 4.01. The third-order valence-corrected chi connectivity index (χ3v) is 2.83. The zero-order valence-electron chi connectivity index (χ0n) is 8.57. The van der Waals surface area contributed by atoms with Gasteiger partial charge in [-0.2, -0.15) is 0 Å². The Bertz CT molecular complexity index is 290. The smallest absolute Gasteiger partial charge is 0.118 e. The second-order valence-corrected chi connectivity index (χ2v) is 4.06. The molecule has 76 valence electrons. The first-order valence-corrected chi connectivity index (χ1v) is 5.19. The SMILES string of the molecule is COc1ccc([C@@H](N)CC2CC2)cc1. The fraction of sp³-hybridized carbons (Fsp3) is 0.500. The van der Waals surface area contributed by atoms with Gasteiger partial charge in [0.2, 0.25) is 0 Å². The van der Waals surface area contributed by atoms with Crippen LogP contribution < -0.4 is 10.5 Å². The van der Waals surface area contributed by atoms with Gasteiger partial charge in [-0.05, 0) is 30.0 Å². The molecule has 0 amide bonds. The molecule has 1 aliphatic rings. The quantitative estimate of drug-likeness (QED) is 0.793. The summed E-state index contributed by atoms with van der Waals surface area (Å²) in [5.74, 6) is 1.78. The van der Waals surface area contributed by atoms with Crippen molar-refractivity contribution in [3.63, 3.8) is 0 Å². The molecule has 0 saturated heterocycles. The Labute approximate surface area is 85.1 Å². The average molecular weight is 191 g/mol. The van der Waals surface area contributed by atoms with E-state index >= 15 is 0 Å². The lowest BCUT2D eigenvalue weighted by Crippen LogP contribution is -2.10. The first kappa shape index (κ1) is 9.53. The highest BCUT2D eigenvalue weighted by molar-refractivity contribution is 5.29. The van der Waals surface area contributed by atoms with Crippen molar-refractivity contribution in [2.24, 2.45) is 11.7 Å².